The molecule has 9 aromatic rings. The molecule has 3 aliphatic carbocycles. The quantitative estimate of drug-likeness (QED) is 0.156. The Morgan fingerprint density at radius 3 is 1.30 bits per heavy atom. The van der Waals surface area contributed by atoms with Gasteiger partial charge >= 0.3 is 0 Å². The number of aromatic nitrogens is 6. The highest BCUT2D eigenvalue weighted by atomic mass is 14.9. The highest BCUT2D eigenvalue weighted by molar-refractivity contribution is 5.87. The summed E-state index contributed by atoms with van der Waals surface area (Å²) in [4.78, 5) is 13.4. The molecule has 6 nitrogen and oxygen atoms in total. The van der Waals surface area contributed by atoms with Crippen molar-refractivity contribution in [3.8, 4) is 67.3 Å². The highest BCUT2D eigenvalue weighted by Gasteiger charge is 2.32. The molecule has 0 saturated heterocycles. The van der Waals surface area contributed by atoms with Crippen molar-refractivity contribution in [2.45, 2.75) is 149 Å². The fourth-order valence-electron chi connectivity index (χ4n) is 12.1. The summed E-state index contributed by atoms with van der Waals surface area (Å²) in [6.07, 6.45) is 8.96. The average molecular weight is 1100 g/mol. The second kappa shape index (κ2) is 22.0. The minimum Gasteiger partial charge on any atom is -0.264 e. The molecule has 0 spiro atoms. The van der Waals surface area contributed by atoms with Gasteiger partial charge in [0.05, 0.1) is 22.4 Å². The Balaban J connectivity index is 0.000000158. The SMILES string of the molecule is [2H]C([2H])([2H])c1c[n+](C)c(-c2c(C)ccc3c2Cc2cc(C)ncc2-3)cc1C([2H])([2H])C(C)(C)C.[2H]C([2H])([2H])c1c[n+](C)c(-c2c(C)ccc3c2Cc2cccnc2-3)cc1C([2H])([2H])C(C)(C)C.[2H]C([2H])([2H])c1c[n+](C)c(-c2c(C)ccc3c2Cc2ccncc2-3)cc1C([2H])([2H])C(C)(C)C. The van der Waals surface area contributed by atoms with Gasteiger partial charge in [-0.15, -0.1) is 0 Å². The van der Waals surface area contributed by atoms with Gasteiger partial charge in [-0.05, 0) is 193 Å². The lowest BCUT2D eigenvalue weighted by atomic mass is 9.85. The summed E-state index contributed by atoms with van der Waals surface area (Å²) in [5, 5.41) is 0. The van der Waals surface area contributed by atoms with Crippen LogP contribution >= 0.6 is 0 Å². The fourth-order valence-corrected chi connectivity index (χ4v) is 12.1. The summed E-state index contributed by atoms with van der Waals surface area (Å²) < 4.78 is 131. The van der Waals surface area contributed by atoms with Crippen LogP contribution in [0.3, 0.4) is 0 Å². The zero-order valence-corrected chi connectivity index (χ0v) is 50.9. The smallest absolute Gasteiger partial charge is 0.213 e. The molecule has 0 unspecified atom stereocenters. The van der Waals surface area contributed by atoms with Crippen LogP contribution in [-0.2, 0) is 59.5 Å². The fraction of sp³-hybridized carbons (Fsp3) is 0.368. The maximum Gasteiger partial charge on any atom is 0.213 e. The lowest BCUT2D eigenvalue weighted by molar-refractivity contribution is -0.661. The van der Waals surface area contributed by atoms with E-state index < -0.39 is 55.9 Å². The standard InChI is InChI=1S/C26H31N2.2C25H29N2/c1-16-8-9-21-22(11-19-10-18(3)27-14-23(19)21)25(16)24-12-20(13-26(4,5)6)17(2)15-28(24)7;1-16-7-8-20-21(11-18-9-10-26-14-22(18)20)24(16)23-12-19(13-25(3,4)5)17(2)15-27(23)6;1-16-9-10-20-21(12-18-8-7-11-26-24(18)20)23(16)22-13-19(14-25(3,4)5)17(2)15-27(22)6/h8-10,12,14-15H,11,13H2,1-7H3;7-10,12,14-15H,11,13H2,1-6H3;7-11,13,15H,12,14H2,1-6H3/q3*+1/i2*2D3,13D2;2D3,14D2. The van der Waals surface area contributed by atoms with E-state index in [9.17, 15) is 0 Å². The van der Waals surface area contributed by atoms with Gasteiger partial charge in [0, 0.05) is 109 Å². The molecule has 6 heteroatoms. The maximum atomic E-state index is 8.90. The molecule has 3 aromatic carbocycles. The van der Waals surface area contributed by atoms with E-state index in [0.29, 0.717) is 0 Å². The number of nitrogens with zero attached hydrogens (tertiary/aromatic N) is 6. The van der Waals surface area contributed by atoms with Crippen molar-refractivity contribution in [2.75, 3.05) is 0 Å². The molecule has 420 valence electrons. The zero-order chi connectivity index (χ0) is 71.8. The van der Waals surface area contributed by atoms with E-state index in [1.54, 1.807) is 111 Å². The molecule has 82 heavy (non-hydrogen) atoms. The monoisotopic (exact) mass is 1100 g/mol. The molecule has 0 fully saturated rings. The largest absolute Gasteiger partial charge is 0.264 e. The minimum atomic E-state index is -2.42. The normalized spacial score (nSPS) is 16.5. The maximum absolute atomic E-state index is 8.90. The molecular weight excluding hydrogens is 997 g/mol. The number of rotatable bonds is 6. The van der Waals surface area contributed by atoms with E-state index >= 15 is 0 Å². The van der Waals surface area contributed by atoms with Crippen molar-refractivity contribution in [2.24, 2.45) is 37.4 Å². The first-order chi connectivity index (χ1) is 44.6. The van der Waals surface area contributed by atoms with Gasteiger partial charge in [0.1, 0.15) is 21.1 Å². The molecule has 0 aliphatic heterocycles. The first-order valence-electron chi connectivity index (χ1n) is 36.0. The Hall–Kier alpha value is -7.44. The van der Waals surface area contributed by atoms with Crippen LogP contribution in [0.25, 0.3) is 67.3 Å². The number of hydrogen-bond donors (Lipinski definition) is 0. The molecule has 12 rings (SSSR count). The van der Waals surface area contributed by atoms with E-state index in [1.807, 2.05) is 80.1 Å². The molecule has 0 radical (unpaired) electrons. The number of hydrogen-bond acceptors (Lipinski definition) is 3. The van der Waals surface area contributed by atoms with Crippen LogP contribution in [-0.4, -0.2) is 15.0 Å². The lowest BCUT2D eigenvalue weighted by Crippen LogP contribution is -2.32. The van der Waals surface area contributed by atoms with Crippen LogP contribution in [0.15, 0.2) is 122 Å². The van der Waals surface area contributed by atoms with Gasteiger partial charge in [-0.25, -0.2) is 13.7 Å². The van der Waals surface area contributed by atoms with Gasteiger partial charge in [0.15, 0.2) is 18.6 Å². The van der Waals surface area contributed by atoms with Crippen LogP contribution < -0.4 is 13.7 Å². The molecule has 0 amide bonds. The van der Waals surface area contributed by atoms with Gasteiger partial charge in [0.2, 0.25) is 17.1 Å². The molecule has 6 aromatic heterocycles. The number of aryl methyl sites for hydroxylation is 10. The van der Waals surface area contributed by atoms with Gasteiger partial charge in [-0.1, -0.05) is 105 Å². The number of pyridine rings is 6. The number of fused-ring (bicyclic) bond motifs is 9. The Morgan fingerprint density at radius 2 is 0.854 bits per heavy atom. The number of benzene rings is 3. The molecule has 0 saturated carbocycles. The van der Waals surface area contributed by atoms with Crippen molar-refractivity contribution in [3.05, 3.63) is 211 Å². The average Bonchev–Trinajstić information content (AvgIpc) is 1.61. The molecule has 0 bridgehead atoms. The van der Waals surface area contributed by atoms with E-state index in [2.05, 4.69) is 70.4 Å². The van der Waals surface area contributed by atoms with E-state index in [-0.39, 0.29) is 33.4 Å². The van der Waals surface area contributed by atoms with Gasteiger partial charge in [-0.2, -0.15) is 0 Å². The third-order valence-corrected chi connectivity index (χ3v) is 15.5. The van der Waals surface area contributed by atoms with Crippen LogP contribution in [0.4, 0.5) is 0 Å². The topological polar surface area (TPSA) is 50.3 Å². The van der Waals surface area contributed by atoms with E-state index in [1.165, 1.54) is 27.8 Å². The highest BCUT2D eigenvalue weighted by Crippen LogP contribution is 2.45. The second-order valence-electron chi connectivity index (χ2n) is 25.8. The predicted octanol–water partition coefficient (Wildman–Crippen LogP) is 16.4. The van der Waals surface area contributed by atoms with E-state index in [0.717, 1.165) is 114 Å². The first kappa shape index (κ1) is 41.5. The molecule has 0 N–H and O–H groups in total. The summed E-state index contributed by atoms with van der Waals surface area (Å²) in [5.41, 5.74) is 21.9. The van der Waals surface area contributed by atoms with Crippen LogP contribution in [0.2, 0.25) is 0 Å². The molecule has 3 aliphatic rings. The lowest BCUT2D eigenvalue weighted by Gasteiger charge is -2.20. The third kappa shape index (κ3) is 11.8. The summed E-state index contributed by atoms with van der Waals surface area (Å²) >= 11 is 0. The molecule has 6 heterocycles. The summed E-state index contributed by atoms with van der Waals surface area (Å²) in [6, 6.07) is 26.0. The molecular formula is C76H89N6+3. The first-order valence-corrected chi connectivity index (χ1v) is 28.5. The van der Waals surface area contributed by atoms with Crippen molar-refractivity contribution < 1.29 is 34.3 Å². The summed E-state index contributed by atoms with van der Waals surface area (Å²) in [5.74, 6) is 0. The van der Waals surface area contributed by atoms with Crippen molar-refractivity contribution >= 4 is 0 Å². The van der Waals surface area contributed by atoms with Gasteiger partial charge in [0.25, 0.3) is 0 Å². The van der Waals surface area contributed by atoms with Crippen LogP contribution in [0, 0.1) is 64.5 Å². The van der Waals surface area contributed by atoms with Crippen molar-refractivity contribution in [1.82, 2.24) is 15.0 Å². The van der Waals surface area contributed by atoms with Crippen LogP contribution in [0.5, 0.6) is 0 Å². The van der Waals surface area contributed by atoms with Crippen molar-refractivity contribution in [3.63, 3.8) is 0 Å². The Morgan fingerprint density at radius 1 is 0.439 bits per heavy atom. The predicted molar refractivity (Wildman–Crippen MR) is 340 cm³/mol. The summed E-state index contributed by atoms with van der Waals surface area (Å²) in [6.45, 7) is 17.1. The summed E-state index contributed by atoms with van der Waals surface area (Å²) in [7, 11) is 5.51. The van der Waals surface area contributed by atoms with Crippen LogP contribution in [0.1, 0.15) is 172 Å². The second-order valence-corrected chi connectivity index (χ2v) is 25.8. The van der Waals surface area contributed by atoms with Crippen molar-refractivity contribution in [1.29, 1.82) is 0 Å². The zero-order valence-electron chi connectivity index (χ0n) is 65.9. The molecule has 0 atom stereocenters. The Kier molecular flexibility index (Phi) is 11.2. The van der Waals surface area contributed by atoms with Gasteiger partial charge < -0.3 is 0 Å². The third-order valence-electron chi connectivity index (χ3n) is 15.5. The Labute approximate surface area is 512 Å². The minimum absolute atomic E-state index is 0.0545. The Bertz CT molecular complexity index is 4440. The van der Waals surface area contributed by atoms with Gasteiger partial charge in [-0.3, -0.25) is 15.0 Å². The van der Waals surface area contributed by atoms with E-state index in [4.69, 9.17) is 20.6 Å².